The molecule has 11 heteroatoms. The van der Waals surface area contributed by atoms with Gasteiger partial charge < -0.3 is 33.6 Å². The number of rotatable bonds is 10. The van der Waals surface area contributed by atoms with E-state index < -0.39 is 13.7 Å². The predicted octanol–water partition coefficient (Wildman–Crippen LogP) is 4.21. The zero-order valence-corrected chi connectivity index (χ0v) is 21.2. The van der Waals surface area contributed by atoms with E-state index in [1.165, 1.54) is 21.3 Å². The number of benzene rings is 2. The quantitative estimate of drug-likeness (QED) is 0.208. The van der Waals surface area contributed by atoms with E-state index in [1.54, 1.807) is 38.3 Å². The van der Waals surface area contributed by atoms with Crippen LogP contribution in [0, 0.1) is 12.8 Å². The summed E-state index contributed by atoms with van der Waals surface area (Å²) in [6, 6.07) is 8.56. The molecule has 1 aliphatic carbocycles. The molecule has 192 valence electrons. The maximum absolute atomic E-state index is 13.8. The molecule has 0 aromatic heterocycles. The number of methoxy groups -OCH3 is 4. The lowest BCUT2D eigenvalue weighted by molar-refractivity contribution is -0.123. The van der Waals surface area contributed by atoms with E-state index in [4.69, 9.17) is 33.6 Å². The average Bonchev–Trinajstić information content (AvgIpc) is 2.85. The second-order valence-electron chi connectivity index (χ2n) is 8.34. The molecular weight excluding hydrogens is 479 g/mol. The zero-order chi connectivity index (χ0) is 25.8. The number of phosphoric acid groups is 1. The highest BCUT2D eigenvalue weighted by Crippen LogP contribution is 2.45. The Labute approximate surface area is 204 Å². The predicted molar refractivity (Wildman–Crippen MR) is 126 cm³/mol. The van der Waals surface area contributed by atoms with E-state index in [9.17, 15) is 9.36 Å². The summed E-state index contributed by atoms with van der Waals surface area (Å²) >= 11 is 0. The zero-order valence-electron chi connectivity index (χ0n) is 20.3. The number of hydrogen-bond donors (Lipinski definition) is 2. The van der Waals surface area contributed by atoms with Gasteiger partial charge in [0.15, 0.2) is 23.0 Å². The minimum atomic E-state index is -4.83. The first-order valence-corrected chi connectivity index (χ1v) is 12.5. The molecule has 0 saturated heterocycles. The van der Waals surface area contributed by atoms with Crippen LogP contribution in [-0.4, -0.2) is 50.1 Å². The molecule has 3 atom stereocenters. The number of carbonyl (C=O) groups excluding carboxylic acids is 1. The smallest absolute Gasteiger partial charge is 0.493 e. The van der Waals surface area contributed by atoms with Gasteiger partial charge in [0.2, 0.25) is 5.75 Å². The third-order valence-corrected chi connectivity index (χ3v) is 6.55. The Balaban J connectivity index is 1.99. The standard InChI is InChI=1S/C24H31O10P/c1-14-6-7-15(10-20(14)33-34-35(26,27)28)18-9-8-17(29-2)13-19(18)23(25)16-11-21(30-3)24(32-5)22(12-16)31-4/h6-7,10-12,17-19H,8-9,13H2,1-5H3,(H2,26,27,28). The Hall–Kier alpha value is -2.62. The topological polar surface area (TPSA) is 130 Å². The Morgan fingerprint density at radius 3 is 2.14 bits per heavy atom. The summed E-state index contributed by atoms with van der Waals surface area (Å²) in [6.45, 7) is 1.72. The molecule has 1 saturated carbocycles. The number of hydrogen-bond acceptors (Lipinski definition) is 8. The highest BCUT2D eigenvalue weighted by Gasteiger charge is 2.37. The van der Waals surface area contributed by atoms with Crippen molar-refractivity contribution in [1.29, 1.82) is 0 Å². The van der Waals surface area contributed by atoms with Gasteiger partial charge in [0.1, 0.15) is 0 Å². The van der Waals surface area contributed by atoms with E-state index in [1.807, 2.05) is 6.07 Å². The number of Topliss-reactive ketones (excluding diaryl/α,β-unsaturated/α-hetero) is 1. The van der Waals surface area contributed by atoms with Crippen LogP contribution in [0.1, 0.15) is 46.7 Å². The fourth-order valence-electron chi connectivity index (χ4n) is 4.50. The summed E-state index contributed by atoms with van der Waals surface area (Å²) in [7, 11) is 1.27. The van der Waals surface area contributed by atoms with Crippen LogP contribution in [-0.2, 0) is 14.0 Å². The second kappa shape index (κ2) is 11.4. The minimum absolute atomic E-state index is 0.0820. The second-order valence-corrected chi connectivity index (χ2v) is 9.47. The fraction of sp³-hybridized carbons (Fsp3) is 0.458. The third kappa shape index (κ3) is 6.34. The minimum Gasteiger partial charge on any atom is -0.493 e. The molecule has 0 aliphatic heterocycles. The van der Waals surface area contributed by atoms with Crippen molar-refractivity contribution in [3.05, 3.63) is 47.0 Å². The largest absolute Gasteiger partial charge is 0.505 e. The maximum Gasteiger partial charge on any atom is 0.505 e. The first-order valence-electron chi connectivity index (χ1n) is 11.0. The molecule has 0 bridgehead atoms. The van der Waals surface area contributed by atoms with Crippen molar-refractivity contribution in [2.24, 2.45) is 5.92 Å². The van der Waals surface area contributed by atoms with Gasteiger partial charge in [-0.05, 0) is 61.4 Å². The van der Waals surface area contributed by atoms with Crippen LogP contribution in [0.4, 0.5) is 0 Å². The van der Waals surface area contributed by atoms with Crippen LogP contribution in [0.3, 0.4) is 0 Å². The van der Waals surface area contributed by atoms with Gasteiger partial charge in [-0.1, -0.05) is 16.8 Å². The summed E-state index contributed by atoms with van der Waals surface area (Å²) in [5, 5.41) is 0. The van der Waals surface area contributed by atoms with Crippen molar-refractivity contribution in [2.45, 2.75) is 38.2 Å². The van der Waals surface area contributed by atoms with Gasteiger partial charge in [-0.2, -0.15) is 0 Å². The first-order chi connectivity index (χ1) is 16.6. The van der Waals surface area contributed by atoms with Crippen LogP contribution < -0.4 is 19.1 Å². The molecule has 10 nitrogen and oxygen atoms in total. The maximum atomic E-state index is 13.8. The van der Waals surface area contributed by atoms with Gasteiger partial charge in [0.25, 0.3) is 0 Å². The van der Waals surface area contributed by atoms with Crippen LogP contribution in [0.15, 0.2) is 30.3 Å². The Morgan fingerprint density at radius 1 is 0.943 bits per heavy atom. The van der Waals surface area contributed by atoms with E-state index in [0.29, 0.717) is 41.2 Å². The van der Waals surface area contributed by atoms with Crippen LogP contribution in [0.2, 0.25) is 0 Å². The molecule has 1 aliphatic rings. The lowest BCUT2D eigenvalue weighted by atomic mass is 9.71. The van der Waals surface area contributed by atoms with Gasteiger partial charge in [-0.25, -0.2) is 4.57 Å². The summed E-state index contributed by atoms with van der Waals surface area (Å²) in [5.41, 5.74) is 1.83. The molecule has 35 heavy (non-hydrogen) atoms. The Morgan fingerprint density at radius 2 is 1.60 bits per heavy atom. The van der Waals surface area contributed by atoms with Crippen molar-refractivity contribution in [2.75, 3.05) is 28.4 Å². The van der Waals surface area contributed by atoms with E-state index in [-0.39, 0.29) is 23.6 Å². The van der Waals surface area contributed by atoms with E-state index in [0.717, 1.165) is 12.0 Å². The lowest BCUT2D eigenvalue weighted by Gasteiger charge is -2.35. The number of carbonyl (C=O) groups is 1. The van der Waals surface area contributed by atoms with Gasteiger partial charge >= 0.3 is 7.82 Å². The number of ether oxygens (including phenoxy) is 4. The average molecular weight is 510 g/mol. The van der Waals surface area contributed by atoms with Crippen molar-refractivity contribution >= 4 is 13.6 Å². The molecule has 0 spiro atoms. The van der Waals surface area contributed by atoms with Gasteiger partial charge in [0, 0.05) is 18.6 Å². The summed E-state index contributed by atoms with van der Waals surface area (Å²) in [6.07, 6.45) is 1.84. The van der Waals surface area contributed by atoms with Gasteiger partial charge in [-0.3, -0.25) is 4.79 Å². The van der Waals surface area contributed by atoms with Crippen molar-refractivity contribution in [3.8, 4) is 23.0 Å². The lowest BCUT2D eigenvalue weighted by Crippen LogP contribution is -2.33. The normalized spacial score (nSPS) is 20.3. The van der Waals surface area contributed by atoms with Crippen molar-refractivity contribution in [3.63, 3.8) is 0 Å². The summed E-state index contributed by atoms with van der Waals surface area (Å²) in [5.74, 6) is 0.592. The molecule has 0 amide bonds. The van der Waals surface area contributed by atoms with Crippen LogP contribution in [0.25, 0.3) is 0 Å². The monoisotopic (exact) mass is 510 g/mol. The first kappa shape index (κ1) is 27.0. The van der Waals surface area contributed by atoms with Gasteiger partial charge in [-0.15, -0.1) is 0 Å². The van der Waals surface area contributed by atoms with Crippen LogP contribution in [0.5, 0.6) is 23.0 Å². The molecule has 2 aromatic rings. The number of aryl methyl sites for hydroxylation is 1. The van der Waals surface area contributed by atoms with E-state index >= 15 is 0 Å². The molecule has 0 radical (unpaired) electrons. The molecule has 3 unspecified atom stereocenters. The highest BCUT2D eigenvalue weighted by atomic mass is 31.2. The third-order valence-electron chi connectivity index (χ3n) is 6.29. The Bertz CT molecular complexity index is 1070. The molecule has 2 aromatic carbocycles. The molecule has 0 heterocycles. The SMILES string of the molecule is COc1cc(C(=O)C2CC(OC)CCC2c2ccc(C)c(OOP(=O)(O)O)c2)cc(OC)c1OC. The van der Waals surface area contributed by atoms with Gasteiger partial charge in [0.05, 0.1) is 27.4 Å². The van der Waals surface area contributed by atoms with Crippen molar-refractivity contribution in [1.82, 2.24) is 0 Å². The van der Waals surface area contributed by atoms with Crippen molar-refractivity contribution < 1.29 is 47.7 Å². The fourth-order valence-corrected chi connectivity index (χ4v) is 4.68. The molecule has 2 N–H and O–H groups in total. The Kier molecular flexibility index (Phi) is 8.79. The summed E-state index contributed by atoms with van der Waals surface area (Å²) < 4.78 is 37.1. The molecule has 3 rings (SSSR count). The number of ketones is 1. The van der Waals surface area contributed by atoms with E-state index in [2.05, 4.69) is 4.67 Å². The van der Waals surface area contributed by atoms with Crippen LogP contribution >= 0.6 is 7.82 Å². The molecule has 1 fully saturated rings. The molecular formula is C24H31O10P. The highest BCUT2D eigenvalue weighted by molar-refractivity contribution is 7.46. The summed E-state index contributed by atoms with van der Waals surface area (Å²) in [4.78, 5) is 36.7.